The number of anilines is 2. The Balaban J connectivity index is 1.58. The minimum Gasteiger partial charge on any atom is -0.379 e. The molecule has 0 saturated carbocycles. The maximum absolute atomic E-state index is 12.1. The molecule has 1 aliphatic heterocycles. The van der Waals surface area contributed by atoms with Crippen molar-refractivity contribution in [2.24, 2.45) is 0 Å². The van der Waals surface area contributed by atoms with Gasteiger partial charge in [0.2, 0.25) is 5.91 Å². The summed E-state index contributed by atoms with van der Waals surface area (Å²) in [5.74, 6) is 0.179. The van der Waals surface area contributed by atoms with Crippen molar-refractivity contribution >= 4 is 33.6 Å². The molecule has 1 aliphatic rings. The van der Waals surface area contributed by atoms with Crippen LogP contribution in [0.3, 0.4) is 0 Å². The monoisotopic (exact) mass is 354 g/mol. The number of nitrogens with zero attached hydrogens (tertiary/aromatic N) is 3. The first-order chi connectivity index (χ1) is 12.1. The summed E-state index contributed by atoms with van der Waals surface area (Å²) in [7, 11) is 0. The van der Waals surface area contributed by atoms with Crippen LogP contribution in [0.15, 0.2) is 40.6 Å². The Morgan fingerprint density at radius 3 is 3.00 bits per heavy atom. The molecule has 0 bridgehead atoms. The van der Waals surface area contributed by atoms with Crippen LogP contribution in [0.4, 0.5) is 11.4 Å². The molecular weight excluding hydrogens is 336 g/mol. The maximum atomic E-state index is 12.1. The third-order valence-corrected chi connectivity index (χ3v) is 5.24. The minimum atomic E-state index is -0.0730. The van der Waals surface area contributed by atoms with Crippen molar-refractivity contribution in [2.45, 2.75) is 26.3 Å². The number of nitrogens with one attached hydrogen (secondary N) is 1. The normalized spacial score (nSPS) is 14.4. The van der Waals surface area contributed by atoms with Gasteiger partial charge in [-0.15, -0.1) is 11.3 Å². The number of carbonyl (C=O) groups excluding carboxylic acids is 1. The van der Waals surface area contributed by atoms with Gasteiger partial charge in [-0.05, 0) is 31.0 Å². The van der Waals surface area contributed by atoms with E-state index in [4.69, 9.17) is 0 Å². The van der Waals surface area contributed by atoms with E-state index in [1.807, 2.05) is 35.4 Å². The van der Waals surface area contributed by atoms with Gasteiger partial charge in [0.15, 0.2) is 4.96 Å². The van der Waals surface area contributed by atoms with Gasteiger partial charge < -0.3 is 10.2 Å². The maximum Gasteiger partial charge on any atom is 0.258 e. The highest BCUT2D eigenvalue weighted by Crippen LogP contribution is 2.30. The van der Waals surface area contributed by atoms with E-state index >= 15 is 0 Å². The van der Waals surface area contributed by atoms with Gasteiger partial charge in [0.25, 0.3) is 5.56 Å². The van der Waals surface area contributed by atoms with E-state index in [1.54, 1.807) is 16.7 Å². The summed E-state index contributed by atoms with van der Waals surface area (Å²) < 4.78 is 1.54. The second kappa shape index (κ2) is 6.33. The van der Waals surface area contributed by atoms with Crippen LogP contribution in [0, 0.1) is 6.92 Å². The average molecular weight is 354 g/mol. The van der Waals surface area contributed by atoms with Gasteiger partial charge in [-0.2, -0.15) is 0 Å². The molecule has 0 atom stereocenters. The smallest absolute Gasteiger partial charge is 0.258 e. The van der Waals surface area contributed by atoms with Crippen LogP contribution in [0.1, 0.15) is 24.1 Å². The highest BCUT2D eigenvalue weighted by atomic mass is 32.1. The summed E-state index contributed by atoms with van der Waals surface area (Å²) in [5, 5.41) is 5.20. The molecule has 1 aromatic carbocycles. The molecule has 1 N–H and O–H groups in total. The molecule has 0 aliphatic carbocycles. The highest BCUT2D eigenvalue weighted by molar-refractivity contribution is 7.15. The lowest BCUT2D eigenvalue weighted by molar-refractivity contribution is -0.117. The SMILES string of the molecule is Cc1c(NCc2cc(=O)n3ccsc3n2)cccc1N1CCCC1=O. The molecule has 128 valence electrons. The molecular formula is C18H18N4O2S. The molecule has 7 heteroatoms. The predicted molar refractivity (Wildman–Crippen MR) is 99.4 cm³/mol. The Labute approximate surface area is 148 Å². The molecule has 0 radical (unpaired) electrons. The van der Waals surface area contributed by atoms with Crippen molar-refractivity contribution in [1.82, 2.24) is 9.38 Å². The van der Waals surface area contributed by atoms with E-state index in [2.05, 4.69) is 10.3 Å². The first kappa shape index (κ1) is 15.8. The molecule has 25 heavy (non-hydrogen) atoms. The Morgan fingerprint density at radius 2 is 2.20 bits per heavy atom. The zero-order valence-electron chi connectivity index (χ0n) is 13.9. The van der Waals surface area contributed by atoms with Crippen LogP contribution in [-0.2, 0) is 11.3 Å². The van der Waals surface area contributed by atoms with E-state index in [0.29, 0.717) is 23.6 Å². The zero-order chi connectivity index (χ0) is 17.4. The van der Waals surface area contributed by atoms with Crippen LogP contribution >= 0.6 is 11.3 Å². The Kier molecular flexibility index (Phi) is 4.01. The van der Waals surface area contributed by atoms with Gasteiger partial charge in [-0.3, -0.25) is 14.0 Å². The Bertz CT molecular complexity index is 1010. The number of rotatable bonds is 4. The number of fused-ring (bicyclic) bond motifs is 1. The molecule has 1 saturated heterocycles. The third-order valence-electron chi connectivity index (χ3n) is 4.49. The number of amides is 1. The van der Waals surface area contributed by atoms with E-state index in [9.17, 15) is 9.59 Å². The third kappa shape index (κ3) is 2.91. The van der Waals surface area contributed by atoms with Gasteiger partial charge in [0, 0.05) is 42.0 Å². The lowest BCUT2D eigenvalue weighted by Gasteiger charge is -2.20. The molecule has 4 rings (SSSR count). The van der Waals surface area contributed by atoms with Crippen LogP contribution in [0.5, 0.6) is 0 Å². The van der Waals surface area contributed by atoms with Crippen LogP contribution in [0.25, 0.3) is 4.96 Å². The van der Waals surface area contributed by atoms with Gasteiger partial charge in [0.1, 0.15) is 0 Å². The molecule has 2 aromatic heterocycles. The topological polar surface area (TPSA) is 66.7 Å². The molecule has 3 heterocycles. The summed E-state index contributed by atoms with van der Waals surface area (Å²) in [6.45, 7) is 3.24. The molecule has 1 fully saturated rings. The summed E-state index contributed by atoms with van der Waals surface area (Å²) in [4.78, 5) is 31.1. The summed E-state index contributed by atoms with van der Waals surface area (Å²) in [6.07, 6.45) is 3.25. The largest absolute Gasteiger partial charge is 0.379 e. The van der Waals surface area contributed by atoms with Crippen molar-refractivity contribution in [3.63, 3.8) is 0 Å². The molecule has 1 amide bonds. The molecule has 3 aromatic rings. The van der Waals surface area contributed by atoms with E-state index in [1.165, 1.54) is 11.3 Å². The fourth-order valence-corrected chi connectivity index (χ4v) is 3.91. The number of hydrogen-bond acceptors (Lipinski definition) is 5. The van der Waals surface area contributed by atoms with Crippen LogP contribution < -0.4 is 15.8 Å². The second-order valence-corrected chi connectivity index (χ2v) is 6.97. The summed E-state index contributed by atoms with van der Waals surface area (Å²) in [6, 6.07) is 7.46. The number of hydrogen-bond donors (Lipinski definition) is 1. The van der Waals surface area contributed by atoms with Crippen LogP contribution in [-0.4, -0.2) is 21.8 Å². The van der Waals surface area contributed by atoms with Crippen molar-refractivity contribution in [3.8, 4) is 0 Å². The number of benzene rings is 1. The first-order valence-electron chi connectivity index (χ1n) is 8.23. The lowest BCUT2D eigenvalue weighted by atomic mass is 10.1. The van der Waals surface area contributed by atoms with Gasteiger partial charge in [-0.25, -0.2) is 4.98 Å². The summed E-state index contributed by atoms with van der Waals surface area (Å²) >= 11 is 1.44. The van der Waals surface area contributed by atoms with Gasteiger partial charge in [0.05, 0.1) is 12.2 Å². The van der Waals surface area contributed by atoms with E-state index in [0.717, 1.165) is 29.9 Å². The summed E-state index contributed by atoms with van der Waals surface area (Å²) in [5.41, 5.74) is 3.57. The van der Waals surface area contributed by atoms with Gasteiger partial charge >= 0.3 is 0 Å². The fourth-order valence-electron chi connectivity index (χ4n) is 3.17. The minimum absolute atomic E-state index is 0.0730. The van der Waals surface area contributed by atoms with Crippen molar-refractivity contribution in [1.29, 1.82) is 0 Å². The molecule has 6 nitrogen and oxygen atoms in total. The Hall–Kier alpha value is -2.67. The number of aromatic nitrogens is 2. The zero-order valence-corrected chi connectivity index (χ0v) is 14.7. The highest BCUT2D eigenvalue weighted by Gasteiger charge is 2.23. The molecule has 0 spiro atoms. The number of carbonyl (C=O) groups is 1. The average Bonchev–Trinajstić information content (AvgIpc) is 3.23. The van der Waals surface area contributed by atoms with Crippen molar-refractivity contribution in [2.75, 3.05) is 16.8 Å². The predicted octanol–water partition coefficient (Wildman–Crippen LogP) is 2.80. The first-order valence-corrected chi connectivity index (χ1v) is 9.11. The fraction of sp³-hybridized carbons (Fsp3) is 0.278. The standard InChI is InChI=1S/C18H18N4O2S/c1-12-14(4-2-5-15(12)21-7-3-6-16(21)23)19-11-13-10-17(24)22-8-9-25-18(22)20-13/h2,4-5,8-10,19H,3,6-7,11H2,1H3. The van der Waals surface area contributed by atoms with Crippen molar-refractivity contribution < 1.29 is 4.79 Å². The lowest BCUT2D eigenvalue weighted by Crippen LogP contribution is -2.24. The van der Waals surface area contributed by atoms with E-state index < -0.39 is 0 Å². The quantitative estimate of drug-likeness (QED) is 0.782. The van der Waals surface area contributed by atoms with Gasteiger partial charge in [-0.1, -0.05) is 6.07 Å². The van der Waals surface area contributed by atoms with E-state index in [-0.39, 0.29) is 11.5 Å². The Morgan fingerprint density at radius 1 is 1.32 bits per heavy atom. The number of thiazole rings is 1. The second-order valence-electron chi connectivity index (χ2n) is 6.09. The molecule has 0 unspecified atom stereocenters. The van der Waals surface area contributed by atoms with Crippen LogP contribution in [0.2, 0.25) is 0 Å². The van der Waals surface area contributed by atoms with Crippen molar-refractivity contribution in [3.05, 3.63) is 57.5 Å².